The van der Waals surface area contributed by atoms with Gasteiger partial charge in [0.15, 0.2) is 0 Å². The zero-order chi connectivity index (χ0) is 15.6. The first kappa shape index (κ1) is 15.4. The number of halogens is 1. The SMILES string of the molecule is Cc1ccc([AsH](Cl)(c2ccccc2)c2ccc(C)cc2)cc1. The van der Waals surface area contributed by atoms with Crippen LogP contribution < -0.4 is 13.1 Å². The fourth-order valence-corrected chi connectivity index (χ4v) is 10.8. The third-order valence-electron chi connectivity index (χ3n) is 4.07. The van der Waals surface area contributed by atoms with Gasteiger partial charge in [0.05, 0.1) is 0 Å². The third kappa shape index (κ3) is 2.86. The summed E-state index contributed by atoms with van der Waals surface area (Å²) in [5, 5.41) is 0. The topological polar surface area (TPSA) is 0 Å². The van der Waals surface area contributed by atoms with E-state index in [0.29, 0.717) is 0 Å². The molecule has 0 bridgehead atoms. The van der Waals surface area contributed by atoms with Crippen LogP contribution in [0.4, 0.5) is 0 Å². The van der Waals surface area contributed by atoms with Crippen LogP contribution in [-0.4, -0.2) is 12.6 Å². The van der Waals surface area contributed by atoms with Crippen LogP contribution in [0.3, 0.4) is 0 Å². The number of aryl methyl sites for hydroxylation is 2. The Morgan fingerprint density at radius 1 is 0.545 bits per heavy atom. The molecule has 0 atom stereocenters. The molecular formula is C20H20AsCl. The maximum absolute atomic E-state index is 7.41. The van der Waals surface area contributed by atoms with Crippen LogP contribution >= 0.6 is 9.95 Å². The van der Waals surface area contributed by atoms with E-state index in [-0.39, 0.29) is 0 Å². The van der Waals surface area contributed by atoms with Gasteiger partial charge in [0.1, 0.15) is 0 Å². The van der Waals surface area contributed by atoms with Gasteiger partial charge in [0, 0.05) is 0 Å². The molecular weight excluding hydrogens is 351 g/mol. The first-order valence-electron chi connectivity index (χ1n) is 7.49. The molecule has 112 valence electrons. The second kappa shape index (κ2) is 6.32. The summed E-state index contributed by atoms with van der Waals surface area (Å²) < 4.78 is 3.83. The standard InChI is InChI=1S/C20H20AsCl/c1-16-8-12-19(13-9-16)21(22,18-6-4-3-5-7-18)20-14-10-17(2)11-15-20/h3-15,21H,1-2H3. The maximum atomic E-state index is 7.41. The number of rotatable bonds is 3. The van der Waals surface area contributed by atoms with Crippen molar-refractivity contribution in [2.45, 2.75) is 13.8 Å². The van der Waals surface area contributed by atoms with Crippen LogP contribution in [0.25, 0.3) is 0 Å². The molecule has 0 aliphatic rings. The third-order valence-corrected chi connectivity index (χ3v) is 14.6. The van der Waals surface area contributed by atoms with E-state index in [0.717, 1.165) is 0 Å². The first-order chi connectivity index (χ1) is 10.6. The zero-order valence-electron chi connectivity index (χ0n) is 12.9. The van der Waals surface area contributed by atoms with Crippen LogP contribution in [0.15, 0.2) is 78.9 Å². The number of hydrogen-bond donors (Lipinski definition) is 0. The van der Waals surface area contributed by atoms with Crippen molar-refractivity contribution in [2.75, 3.05) is 0 Å². The van der Waals surface area contributed by atoms with Crippen molar-refractivity contribution in [2.24, 2.45) is 0 Å². The monoisotopic (exact) mass is 370 g/mol. The van der Waals surface area contributed by atoms with Gasteiger partial charge in [-0.3, -0.25) is 0 Å². The van der Waals surface area contributed by atoms with Crippen molar-refractivity contribution in [3.05, 3.63) is 90.0 Å². The van der Waals surface area contributed by atoms with E-state index in [1.54, 1.807) is 0 Å². The summed E-state index contributed by atoms with van der Waals surface area (Å²) in [7, 11) is 7.41. The average molecular weight is 371 g/mol. The normalized spacial score (nSPS) is 12.1. The van der Waals surface area contributed by atoms with Crippen molar-refractivity contribution in [1.82, 2.24) is 0 Å². The Hall–Kier alpha value is -1.49. The zero-order valence-corrected chi connectivity index (χ0v) is 15.7. The van der Waals surface area contributed by atoms with Gasteiger partial charge in [-0.25, -0.2) is 0 Å². The van der Waals surface area contributed by atoms with Gasteiger partial charge < -0.3 is 0 Å². The quantitative estimate of drug-likeness (QED) is 0.621. The van der Waals surface area contributed by atoms with E-state index < -0.39 is 12.6 Å². The van der Waals surface area contributed by atoms with Crippen molar-refractivity contribution >= 4 is 35.6 Å². The number of benzene rings is 3. The summed E-state index contributed by atoms with van der Waals surface area (Å²) in [6, 6.07) is 28.0. The van der Waals surface area contributed by atoms with Gasteiger partial charge >= 0.3 is 139 Å². The summed E-state index contributed by atoms with van der Waals surface area (Å²) in [6.45, 7) is 4.22. The number of hydrogen-bond acceptors (Lipinski definition) is 0. The summed E-state index contributed by atoms with van der Waals surface area (Å²) in [6.07, 6.45) is 0. The molecule has 0 amide bonds. The fourth-order valence-electron chi connectivity index (χ4n) is 2.73. The fraction of sp³-hybridized carbons (Fsp3) is 0.100. The minimum atomic E-state index is -3.08. The molecule has 0 radical (unpaired) electrons. The van der Waals surface area contributed by atoms with Crippen LogP contribution in [0, 0.1) is 13.8 Å². The predicted octanol–water partition coefficient (Wildman–Crippen LogP) is 3.24. The average Bonchev–Trinajstić information content (AvgIpc) is 2.56. The second-order valence-electron chi connectivity index (χ2n) is 5.76. The van der Waals surface area contributed by atoms with Crippen molar-refractivity contribution in [3.8, 4) is 0 Å². The summed E-state index contributed by atoms with van der Waals surface area (Å²) >= 11 is -3.08. The van der Waals surface area contributed by atoms with Gasteiger partial charge in [0.25, 0.3) is 0 Å². The molecule has 0 heterocycles. The van der Waals surface area contributed by atoms with Crippen molar-refractivity contribution in [3.63, 3.8) is 0 Å². The molecule has 0 saturated carbocycles. The van der Waals surface area contributed by atoms with E-state index in [1.165, 1.54) is 24.2 Å². The van der Waals surface area contributed by atoms with E-state index in [2.05, 4.69) is 86.6 Å². The molecule has 0 N–H and O–H groups in total. The predicted molar refractivity (Wildman–Crippen MR) is 101 cm³/mol. The van der Waals surface area contributed by atoms with E-state index in [9.17, 15) is 0 Å². The Morgan fingerprint density at radius 3 is 1.32 bits per heavy atom. The van der Waals surface area contributed by atoms with Gasteiger partial charge in [-0.15, -0.1) is 0 Å². The Labute approximate surface area is 139 Å². The molecule has 0 spiro atoms. The molecule has 22 heavy (non-hydrogen) atoms. The van der Waals surface area contributed by atoms with Crippen LogP contribution in [0.5, 0.6) is 0 Å². The molecule has 2 heteroatoms. The van der Waals surface area contributed by atoms with Crippen molar-refractivity contribution < 1.29 is 0 Å². The van der Waals surface area contributed by atoms with E-state index in [1.807, 2.05) is 6.07 Å². The van der Waals surface area contributed by atoms with Gasteiger partial charge in [0.2, 0.25) is 0 Å². The van der Waals surface area contributed by atoms with E-state index in [4.69, 9.17) is 9.95 Å². The molecule has 0 aliphatic carbocycles. The van der Waals surface area contributed by atoms with Gasteiger partial charge in [-0.1, -0.05) is 0 Å². The Morgan fingerprint density at radius 2 is 0.909 bits per heavy atom. The Bertz CT molecular complexity index is 700. The van der Waals surface area contributed by atoms with Crippen LogP contribution in [0.1, 0.15) is 11.1 Å². The van der Waals surface area contributed by atoms with E-state index >= 15 is 0 Å². The summed E-state index contributed by atoms with van der Waals surface area (Å²) in [5.74, 6) is 0. The second-order valence-corrected chi connectivity index (χ2v) is 15.1. The minimum absolute atomic E-state index is 1.27. The first-order valence-corrected chi connectivity index (χ1v) is 13.4. The summed E-state index contributed by atoms with van der Waals surface area (Å²) in [4.78, 5) is 0. The molecule has 0 nitrogen and oxygen atoms in total. The van der Waals surface area contributed by atoms with Crippen LogP contribution in [0.2, 0.25) is 0 Å². The molecule has 0 aliphatic heterocycles. The van der Waals surface area contributed by atoms with Gasteiger partial charge in [-0.2, -0.15) is 0 Å². The molecule has 3 aromatic rings. The molecule has 0 saturated heterocycles. The molecule has 0 unspecified atom stereocenters. The molecule has 0 fully saturated rings. The molecule has 3 aromatic carbocycles. The van der Waals surface area contributed by atoms with Gasteiger partial charge in [-0.05, 0) is 0 Å². The Balaban J connectivity index is 2.22. The molecule has 0 aromatic heterocycles. The van der Waals surface area contributed by atoms with Crippen molar-refractivity contribution in [1.29, 1.82) is 0 Å². The molecule has 3 rings (SSSR count). The Kier molecular flexibility index (Phi) is 4.43. The van der Waals surface area contributed by atoms with Crippen LogP contribution in [-0.2, 0) is 0 Å². The summed E-state index contributed by atoms with van der Waals surface area (Å²) in [5.41, 5.74) is 2.53.